The largest absolute Gasteiger partial charge is 0.494 e. The fraction of sp³-hybridized carbons (Fsp3) is 0.269. The predicted octanol–water partition coefficient (Wildman–Crippen LogP) is 6.89. The number of nitrogens with one attached hydrogen (secondary N) is 1. The highest BCUT2D eigenvalue weighted by atomic mass is 79.9. The van der Waals surface area contributed by atoms with Crippen LogP contribution in [0.15, 0.2) is 77.3 Å². The number of benzene rings is 3. The summed E-state index contributed by atoms with van der Waals surface area (Å²) in [5, 5.41) is 2.93. The molecule has 1 N–H and O–H groups in total. The summed E-state index contributed by atoms with van der Waals surface area (Å²) in [7, 11) is 0. The van der Waals surface area contributed by atoms with Crippen molar-refractivity contribution in [1.82, 2.24) is 0 Å². The lowest BCUT2D eigenvalue weighted by Gasteiger charge is -2.11. The highest BCUT2D eigenvalue weighted by Crippen LogP contribution is 2.27. The lowest BCUT2D eigenvalue weighted by molar-refractivity contribution is 0.102. The summed E-state index contributed by atoms with van der Waals surface area (Å²) in [6, 6.07) is 23.2. The van der Waals surface area contributed by atoms with Crippen molar-refractivity contribution in [3.05, 3.63) is 88.4 Å². The van der Waals surface area contributed by atoms with Gasteiger partial charge in [0.1, 0.15) is 11.5 Å². The summed E-state index contributed by atoms with van der Waals surface area (Å²) in [5.74, 6) is 1.31. The second kappa shape index (κ2) is 12.2. The molecule has 0 aliphatic heterocycles. The number of anilines is 1. The van der Waals surface area contributed by atoms with Crippen LogP contribution in [-0.4, -0.2) is 19.1 Å². The molecule has 0 bridgehead atoms. The standard InChI is InChI=1S/C26H28BrNO3/c1-2-3-16-31-25-15-14-21(18-24(25)27)26(29)28-22-12-7-13-23(19-22)30-17-8-11-20-9-5-4-6-10-20/h4-7,9-10,12-15,18-19H,2-3,8,11,16-17H2,1H3,(H,28,29). The zero-order valence-corrected chi connectivity index (χ0v) is 19.4. The Kier molecular flexibility index (Phi) is 8.98. The number of carbonyl (C=O) groups excluding carboxylic acids is 1. The molecule has 3 rings (SSSR count). The molecule has 162 valence electrons. The van der Waals surface area contributed by atoms with Gasteiger partial charge in [0, 0.05) is 17.3 Å². The molecule has 0 atom stereocenters. The summed E-state index contributed by atoms with van der Waals surface area (Å²) >= 11 is 3.49. The van der Waals surface area contributed by atoms with Gasteiger partial charge < -0.3 is 14.8 Å². The second-order valence-corrected chi connectivity index (χ2v) is 8.12. The van der Waals surface area contributed by atoms with E-state index in [1.807, 2.05) is 48.5 Å². The van der Waals surface area contributed by atoms with E-state index in [4.69, 9.17) is 9.47 Å². The molecule has 0 aliphatic rings. The van der Waals surface area contributed by atoms with Crippen LogP contribution < -0.4 is 14.8 Å². The smallest absolute Gasteiger partial charge is 0.255 e. The average Bonchev–Trinajstić information content (AvgIpc) is 2.79. The third kappa shape index (κ3) is 7.44. The number of aryl methyl sites for hydroxylation is 1. The number of amides is 1. The maximum atomic E-state index is 12.7. The minimum absolute atomic E-state index is 0.179. The van der Waals surface area contributed by atoms with Crippen LogP contribution in [0.1, 0.15) is 42.1 Å². The van der Waals surface area contributed by atoms with Crippen molar-refractivity contribution in [3.63, 3.8) is 0 Å². The lowest BCUT2D eigenvalue weighted by Crippen LogP contribution is -2.12. The van der Waals surface area contributed by atoms with E-state index < -0.39 is 0 Å². The Bertz CT molecular complexity index is 975. The number of carbonyl (C=O) groups is 1. The van der Waals surface area contributed by atoms with E-state index >= 15 is 0 Å². The Morgan fingerprint density at radius 1 is 0.903 bits per heavy atom. The Morgan fingerprint density at radius 3 is 2.48 bits per heavy atom. The summed E-state index contributed by atoms with van der Waals surface area (Å²) in [6.45, 7) is 3.41. The Hall–Kier alpha value is -2.79. The molecule has 0 saturated carbocycles. The van der Waals surface area contributed by atoms with Gasteiger partial charge in [-0.3, -0.25) is 4.79 Å². The second-order valence-electron chi connectivity index (χ2n) is 7.27. The van der Waals surface area contributed by atoms with Crippen molar-refractivity contribution in [1.29, 1.82) is 0 Å². The van der Waals surface area contributed by atoms with E-state index in [0.717, 1.165) is 41.7 Å². The molecular weight excluding hydrogens is 454 g/mol. The first-order valence-electron chi connectivity index (χ1n) is 10.7. The topological polar surface area (TPSA) is 47.6 Å². The average molecular weight is 482 g/mol. The minimum atomic E-state index is -0.179. The van der Waals surface area contributed by atoms with Crippen LogP contribution in [0.3, 0.4) is 0 Å². The van der Waals surface area contributed by atoms with Gasteiger partial charge >= 0.3 is 0 Å². The van der Waals surface area contributed by atoms with Crippen LogP contribution in [0.4, 0.5) is 5.69 Å². The van der Waals surface area contributed by atoms with Gasteiger partial charge in [0.05, 0.1) is 17.7 Å². The van der Waals surface area contributed by atoms with Crippen LogP contribution in [0.25, 0.3) is 0 Å². The molecule has 5 heteroatoms. The van der Waals surface area contributed by atoms with Gasteiger partial charge in [0.15, 0.2) is 0 Å². The van der Waals surface area contributed by atoms with Crippen LogP contribution in [0.2, 0.25) is 0 Å². The number of rotatable bonds is 11. The summed E-state index contributed by atoms with van der Waals surface area (Å²) in [4.78, 5) is 12.7. The molecule has 3 aromatic carbocycles. The Morgan fingerprint density at radius 2 is 1.71 bits per heavy atom. The molecule has 0 aliphatic carbocycles. The van der Waals surface area contributed by atoms with Crippen LogP contribution >= 0.6 is 15.9 Å². The summed E-state index contributed by atoms with van der Waals surface area (Å²) < 4.78 is 12.4. The molecule has 3 aromatic rings. The van der Waals surface area contributed by atoms with Crippen LogP contribution in [0, 0.1) is 0 Å². The monoisotopic (exact) mass is 481 g/mol. The van der Waals surface area contributed by atoms with Gasteiger partial charge in [-0.05, 0) is 71.1 Å². The highest BCUT2D eigenvalue weighted by Gasteiger charge is 2.10. The Balaban J connectivity index is 1.51. The number of ether oxygens (including phenoxy) is 2. The van der Waals surface area contributed by atoms with E-state index in [9.17, 15) is 4.79 Å². The van der Waals surface area contributed by atoms with Gasteiger partial charge in [-0.15, -0.1) is 0 Å². The quantitative estimate of drug-likeness (QED) is 0.303. The van der Waals surface area contributed by atoms with E-state index in [2.05, 4.69) is 40.3 Å². The number of hydrogen-bond acceptors (Lipinski definition) is 3. The van der Waals surface area contributed by atoms with Gasteiger partial charge in [-0.1, -0.05) is 49.7 Å². The zero-order valence-electron chi connectivity index (χ0n) is 17.8. The summed E-state index contributed by atoms with van der Waals surface area (Å²) in [6.07, 6.45) is 3.98. The molecule has 0 aromatic heterocycles. The molecule has 0 saturated heterocycles. The minimum Gasteiger partial charge on any atom is -0.494 e. The third-order valence-electron chi connectivity index (χ3n) is 4.76. The SMILES string of the molecule is CCCCOc1ccc(C(=O)Nc2cccc(OCCCc3ccccc3)c2)cc1Br. The van der Waals surface area contributed by atoms with Crippen LogP contribution in [-0.2, 0) is 6.42 Å². The molecule has 31 heavy (non-hydrogen) atoms. The number of hydrogen-bond donors (Lipinski definition) is 1. The van der Waals surface area contributed by atoms with Gasteiger partial charge in [-0.25, -0.2) is 0 Å². The van der Waals surface area contributed by atoms with Crippen molar-refractivity contribution in [3.8, 4) is 11.5 Å². The van der Waals surface area contributed by atoms with Crippen LogP contribution in [0.5, 0.6) is 11.5 Å². The van der Waals surface area contributed by atoms with E-state index in [-0.39, 0.29) is 5.91 Å². The lowest BCUT2D eigenvalue weighted by atomic mass is 10.1. The predicted molar refractivity (Wildman–Crippen MR) is 129 cm³/mol. The van der Waals surface area contributed by atoms with Gasteiger partial charge in [0.2, 0.25) is 0 Å². The van der Waals surface area contributed by atoms with Gasteiger partial charge in [-0.2, -0.15) is 0 Å². The van der Waals surface area contributed by atoms with E-state index in [0.29, 0.717) is 24.5 Å². The molecule has 4 nitrogen and oxygen atoms in total. The van der Waals surface area contributed by atoms with Crippen molar-refractivity contribution in [2.24, 2.45) is 0 Å². The van der Waals surface area contributed by atoms with Crippen molar-refractivity contribution < 1.29 is 14.3 Å². The highest BCUT2D eigenvalue weighted by molar-refractivity contribution is 9.10. The summed E-state index contributed by atoms with van der Waals surface area (Å²) in [5.41, 5.74) is 2.56. The molecule has 0 unspecified atom stereocenters. The molecule has 0 radical (unpaired) electrons. The van der Waals surface area contributed by atoms with Crippen molar-refractivity contribution in [2.75, 3.05) is 18.5 Å². The molecule has 0 heterocycles. The number of unbranched alkanes of at least 4 members (excludes halogenated alkanes) is 1. The maximum Gasteiger partial charge on any atom is 0.255 e. The van der Waals surface area contributed by atoms with Crippen molar-refractivity contribution in [2.45, 2.75) is 32.6 Å². The van der Waals surface area contributed by atoms with E-state index in [1.165, 1.54) is 5.56 Å². The molecular formula is C26H28BrNO3. The normalized spacial score (nSPS) is 10.5. The van der Waals surface area contributed by atoms with Crippen molar-refractivity contribution >= 4 is 27.5 Å². The fourth-order valence-electron chi connectivity index (χ4n) is 3.06. The first-order chi connectivity index (χ1) is 15.2. The molecule has 0 fully saturated rings. The third-order valence-corrected chi connectivity index (χ3v) is 5.38. The fourth-order valence-corrected chi connectivity index (χ4v) is 3.56. The zero-order chi connectivity index (χ0) is 21.9. The molecule has 0 spiro atoms. The first-order valence-corrected chi connectivity index (χ1v) is 11.5. The molecule has 1 amide bonds. The Labute approximate surface area is 192 Å². The number of halogens is 1. The van der Waals surface area contributed by atoms with E-state index in [1.54, 1.807) is 12.1 Å². The van der Waals surface area contributed by atoms with Gasteiger partial charge in [0.25, 0.3) is 5.91 Å². The maximum absolute atomic E-state index is 12.7. The first kappa shape index (κ1) is 22.9.